The van der Waals surface area contributed by atoms with Crippen molar-refractivity contribution in [1.82, 2.24) is 5.32 Å². The first-order chi connectivity index (χ1) is 12.3. The molecule has 0 fully saturated rings. The van der Waals surface area contributed by atoms with Gasteiger partial charge in [-0.25, -0.2) is 0 Å². The molecule has 0 saturated heterocycles. The number of anilines is 1. The molecule has 0 aliphatic heterocycles. The second kappa shape index (κ2) is 8.27. The predicted octanol–water partition coefficient (Wildman–Crippen LogP) is 4.77. The van der Waals surface area contributed by atoms with Crippen molar-refractivity contribution < 1.29 is 22.6 Å². The topological polar surface area (TPSA) is 42.5 Å². The van der Waals surface area contributed by atoms with Crippen LogP contribution in [0.1, 0.15) is 24.1 Å². The van der Waals surface area contributed by atoms with Crippen LogP contribution in [-0.2, 0) is 6.18 Å². The zero-order valence-electron chi connectivity index (χ0n) is 14.5. The smallest absolute Gasteiger partial charge is 0.418 e. The molecule has 0 spiro atoms. The molecular formula is C18H19F3N2O2S. The van der Waals surface area contributed by atoms with E-state index >= 15 is 0 Å². The van der Waals surface area contributed by atoms with Crippen LogP contribution in [0, 0.1) is 0 Å². The van der Waals surface area contributed by atoms with Gasteiger partial charge in [0.1, 0.15) is 0 Å². The molecule has 1 unspecified atom stereocenters. The Balaban J connectivity index is 2.11. The van der Waals surface area contributed by atoms with Crippen LogP contribution in [0.5, 0.6) is 11.5 Å². The van der Waals surface area contributed by atoms with Gasteiger partial charge < -0.3 is 20.1 Å². The fourth-order valence-corrected chi connectivity index (χ4v) is 2.69. The largest absolute Gasteiger partial charge is 0.493 e. The maximum atomic E-state index is 13.1. The molecule has 8 heteroatoms. The second-order valence-corrected chi connectivity index (χ2v) is 5.89. The van der Waals surface area contributed by atoms with Gasteiger partial charge in [-0.1, -0.05) is 18.2 Å². The standard InChI is InChI=1S/C18H19F3N2O2S/c1-11(12-8-9-15(24-2)16(10-12)25-3)22-17(26)23-14-7-5-4-6-13(14)18(19,20)21/h4-11H,1-3H3,(H2,22,23,26). The number of hydrogen-bond donors (Lipinski definition) is 2. The zero-order chi connectivity index (χ0) is 19.3. The summed E-state index contributed by atoms with van der Waals surface area (Å²) in [5.41, 5.74) is -0.0316. The van der Waals surface area contributed by atoms with Crippen LogP contribution in [0.15, 0.2) is 42.5 Å². The van der Waals surface area contributed by atoms with Crippen LogP contribution < -0.4 is 20.1 Å². The van der Waals surface area contributed by atoms with E-state index in [9.17, 15) is 13.2 Å². The molecule has 1 atom stereocenters. The number of alkyl halides is 3. The highest BCUT2D eigenvalue weighted by atomic mass is 32.1. The number of hydrogen-bond acceptors (Lipinski definition) is 3. The number of nitrogens with one attached hydrogen (secondary N) is 2. The average molecular weight is 384 g/mol. The number of methoxy groups -OCH3 is 2. The molecule has 0 aromatic heterocycles. The average Bonchev–Trinajstić information content (AvgIpc) is 2.60. The van der Waals surface area contributed by atoms with Gasteiger partial charge in [0.15, 0.2) is 16.6 Å². The number of para-hydroxylation sites is 1. The first kappa shape index (κ1) is 19.8. The van der Waals surface area contributed by atoms with E-state index in [1.54, 1.807) is 12.1 Å². The quantitative estimate of drug-likeness (QED) is 0.727. The van der Waals surface area contributed by atoms with E-state index in [4.69, 9.17) is 21.7 Å². The highest BCUT2D eigenvalue weighted by Crippen LogP contribution is 2.34. The van der Waals surface area contributed by atoms with Crippen LogP contribution >= 0.6 is 12.2 Å². The van der Waals surface area contributed by atoms with E-state index in [2.05, 4.69) is 10.6 Å². The Hall–Kier alpha value is -2.48. The minimum absolute atomic E-state index is 0.0870. The molecule has 2 aromatic carbocycles. The molecule has 0 aliphatic carbocycles. The lowest BCUT2D eigenvalue weighted by Crippen LogP contribution is -2.31. The van der Waals surface area contributed by atoms with E-state index in [-0.39, 0.29) is 16.8 Å². The lowest BCUT2D eigenvalue weighted by Gasteiger charge is -2.20. The normalized spacial score (nSPS) is 12.2. The van der Waals surface area contributed by atoms with Crippen molar-refractivity contribution in [1.29, 1.82) is 0 Å². The zero-order valence-corrected chi connectivity index (χ0v) is 15.3. The van der Waals surface area contributed by atoms with E-state index < -0.39 is 11.7 Å². The third-order valence-corrected chi connectivity index (χ3v) is 3.96. The summed E-state index contributed by atoms with van der Waals surface area (Å²) in [4.78, 5) is 0. The van der Waals surface area contributed by atoms with Crippen LogP contribution in [0.2, 0.25) is 0 Å². The molecule has 140 valence electrons. The lowest BCUT2D eigenvalue weighted by atomic mass is 10.1. The molecule has 0 heterocycles. The maximum Gasteiger partial charge on any atom is 0.418 e. The van der Waals surface area contributed by atoms with Gasteiger partial charge in [-0.3, -0.25) is 0 Å². The van der Waals surface area contributed by atoms with Gasteiger partial charge in [0, 0.05) is 0 Å². The Morgan fingerprint density at radius 2 is 1.69 bits per heavy atom. The molecule has 2 rings (SSSR count). The van der Waals surface area contributed by atoms with E-state index in [1.165, 1.54) is 32.4 Å². The number of benzene rings is 2. The summed E-state index contributed by atoms with van der Waals surface area (Å²) >= 11 is 5.16. The predicted molar refractivity (Wildman–Crippen MR) is 98.8 cm³/mol. The summed E-state index contributed by atoms with van der Waals surface area (Å²) in [7, 11) is 3.07. The van der Waals surface area contributed by atoms with Gasteiger partial charge in [-0.05, 0) is 49.0 Å². The molecule has 0 saturated carbocycles. The molecule has 4 nitrogen and oxygen atoms in total. The molecule has 2 aromatic rings. The molecular weight excluding hydrogens is 365 g/mol. The van der Waals surface area contributed by atoms with Crippen LogP contribution in [0.3, 0.4) is 0 Å². The van der Waals surface area contributed by atoms with Gasteiger partial charge in [-0.2, -0.15) is 13.2 Å². The summed E-state index contributed by atoms with van der Waals surface area (Å²) in [5, 5.41) is 5.67. The van der Waals surface area contributed by atoms with E-state index in [1.807, 2.05) is 13.0 Å². The van der Waals surface area contributed by atoms with Gasteiger partial charge in [0.05, 0.1) is 31.5 Å². The minimum Gasteiger partial charge on any atom is -0.493 e. The first-order valence-electron chi connectivity index (χ1n) is 7.72. The molecule has 0 radical (unpaired) electrons. The Morgan fingerprint density at radius 3 is 2.31 bits per heavy atom. The van der Waals surface area contributed by atoms with Crippen molar-refractivity contribution in [2.75, 3.05) is 19.5 Å². The number of thiocarbonyl (C=S) groups is 1. The van der Waals surface area contributed by atoms with Gasteiger partial charge >= 0.3 is 6.18 Å². The molecule has 26 heavy (non-hydrogen) atoms. The summed E-state index contributed by atoms with van der Waals surface area (Å²) in [5.74, 6) is 1.14. The van der Waals surface area contributed by atoms with Crippen molar-refractivity contribution in [3.05, 3.63) is 53.6 Å². The van der Waals surface area contributed by atoms with Gasteiger partial charge in [0.25, 0.3) is 0 Å². The van der Waals surface area contributed by atoms with Crippen molar-refractivity contribution >= 4 is 23.0 Å². The molecule has 2 N–H and O–H groups in total. The molecule has 0 aliphatic rings. The molecule has 0 amide bonds. The van der Waals surface area contributed by atoms with Crippen molar-refractivity contribution in [3.8, 4) is 11.5 Å². The third kappa shape index (κ3) is 4.78. The Kier molecular flexibility index (Phi) is 6.31. The van der Waals surface area contributed by atoms with Crippen LogP contribution in [-0.4, -0.2) is 19.3 Å². The van der Waals surface area contributed by atoms with Gasteiger partial charge in [-0.15, -0.1) is 0 Å². The van der Waals surface area contributed by atoms with Crippen molar-refractivity contribution in [2.24, 2.45) is 0 Å². The monoisotopic (exact) mass is 384 g/mol. The summed E-state index contributed by atoms with van der Waals surface area (Å²) in [6.45, 7) is 1.84. The highest BCUT2D eigenvalue weighted by molar-refractivity contribution is 7.80. The van der Waals surface area contributed by atoms with Crippen LogP contribution in [0.4, 0.5) is 18.9 Å². The Morgan fingerprint density at radius 1 is 1.04 bits per heavy atom. The van der Waals surface area contributed by atoms with Crippen molar-refractivity contribution in [2.45, 2.75) is 19.1 Å². The summed E-state index contributed by atoms with van der Waals surface area (Å²) in [6.07, 6.45) is -4.46. The number of rotatable bonds is 5. The highest BCUT2D eigenvalue weighted by Gasteiger charge is 2.33. The first-order valence-corrected chi connectivity index (χ1v) is 8.12. The van der Waals surface area contributed by atoms with Crippen LogP contribution in [0.25, 0.3) is 0 Å². The number of halogens is 3. The fraction of sp³-hybridized carbons (Fsp3) is 0.278. The van der Waals surface area contributed by atoms with E-state index in [0.29, 0.717) is 11.5 Å². The molecule has 0 bridgehead atoms. The minimum atomic E-state index is -4.46. The number of ether oxygens (including phenoxy) is 2. The summed E-state index contributed by atoms with van der Waals surface area (Å²) in [6, 6.07) is 10.3. The second-order valence-electron chi connectivity index (χ2n) is 5.48. The Labute approximate surface area is 155 Å². The summed E-state index contributed by atoms with van der Waals surface area (Å²) < 4.78 is 49.6. The van der Waals surface area contributed by atoms with Gasteiger partial charge in [0.2, 0.25) is 0 Å². The maximum absolute atomic E-state index is 13.1. The SMILES string of the molecule is COc1ccc(C(C)NC(=S)Nc2ccccc2C(F)(F)F)cc1OC. The van der Waals surface area contributed by atoms with Crippen molar-refractivity contribution in [3.63, 3.8) is 0 Å². The Bertz CT molecular complexity index is 781. The van der Waals surface area contributed by atoms with E-state index in [0.717, 1.165) is 11.6 Å². The third-order valence-electron chi connectivity index (χ3n) is 3.74. The fourth-order valence-electron chi connectivity index (χ4n) is 2.40. The lowest BCUT2D eigenvalue weighted by molar-refractivity contribution is -0.136.